The molecule has 0 radical (unpaired) electrons. The van der Waals surface area contributed by atoms with Crippen LogP contribution in [0.3, 0.4) is 0 Å². The van der Waals surface area contributed by atoms with E-state index in [0.29, 0.717) is 48.3 Å². The Kier molecular flexibility index (Phi) is 10.2. The molecule has 0 spiro atoms. The summed E-state index contributed by atoms with van der Waals surface area (Å²) in [6.45, 7) is 7.83. The summed E-state index contributed by atoms with van der Waals surface area (Å²) in [4.78, 5) is 30.9. The van der Waals surface area contributed by atoms with Gasteiger partial charge in [-0.3, -0.25) is 14.5 Å². The summed E-state index contributed by atoms with van der Waals surface area (Å²) in [5, 5.41) is 14.5. The van der Waals surface area contributed by atoms with Gasteiger partial charge in [-0.25, -0.2) is 0 Å². The monoisotopic (exact) mass is 635 g/mol. The number of rotatable bonds is 12. The van der Waals surface area contributed by atoms with Crippen LogP contribution in [0.25, 0.3) is 0 Å². The van der Waals surface area contributed by atoms with Gasteiger partial charge in [0.1, 0.15) is 12.4 Å². The van der Waals surface area contributed by atoms with E-state index in [9.17, 15) is 14.7 Å². The summed E-state index contributed by atoms with van der Waals surface area (Å²) in [6, 6.07) is 14.6. The highest BCUT2D eigenvalue weighted by Crippen LogP contribution is 2.49. The predicted molar refractivity (Wildman–Crippen MR) is 175 cm³/mol. The van der Waals surface area contributed by atoms with Gasteiger partial charge in [-0.05, 0) is 92.0 Å². The van der Waals surface area contributed by atoms with Crippen LogP contribution in [-0.4, -0.2) is 73.9 Å². The number of carboxylic acids is 1. The van der Waals surface area contributed by atoms with Crippen molar-refractivity contribution in [2.45, 2.75) is 45.6 Å². The van der Waals surface area contributed by atoms with Gasteiger partial charge >= 0.3 is 5.97 Å². The number of halogens is 1. The van der Waals surface area contributed by atoms with Crippen molar-refractivity contribution in [2.75, 3.05) is 52.4 Å². The molecule has 1 amide bonds. The fourth-order valence-corrected chi connectivity index (χ4v) is 6.81. The molecule has 2 heterocycles. The van der Waals surface area contributed by atoms with E-state index < -0.39 is 23.8 Å². The third-order valence-electron chi connectivity index (χ3n) is 8.78. The predicted octanol–water partition coefficient (Wildman–Crippen LogP) is 5.92. The summed E-state index contributed by atoms with van der Waals surface area (Å²) in [5.74, 6) is -0.326. The van der Waals surface area contributed by atoms with E-state index in [1.165, 1.54) is 0 Å². The Labute approximate surface area is 270 Å². The molecule has 1 saturated heterocycles. The van der Waals surface area contributed by atoms with Crippen molar-refractivity contribution in [2.24, 2.45) is 5.92 Å². The number of hydrogen-bond acceptors (Lipinski definition) is 7. The van der Waals surface area contributed by atoms with Crippen LogP contribution in [-0.2, 0) is 22.4 Å². The summed E-state index contributed by atoms with van der Waals surface area (Å²) >= 11 is 6.36. The van der Waals surface area contributed by atoms with Crippen LogP contribution in [0.1, 0.15) is 53.6 Å². The Balaban J connectivity index is 1.48. The Morgan fingerprint density at radius 2 is 1.76 bits per heavy atom. The molecule has 0 aromatic heterocycles. The van der Waals surface area contributed by atoms with Crippen molar-refractivity contribution in [3.8, 4) is 17.2 Å². The van der Waals surface area contributed by atoms with Crippen molar-refractivity contribution >= 4 is 29.2 Å². The highest BCUT2D eigenvalue weighted by atomic mass is 35.5. The van der Waals surface area contributed by atoms with Gasteiger partial charge in [0, 0.05) is 35.8 Å². The number of fused-ring (bicyclic) bond motifs is 1. The molecular formula is C35H42ClN3O6. The molecule has 240 valence electrons. The minimum atomic E-state index is -0.921. The molecule has 3 aromatic carbocycles. The first-order chi connectivity index (χ1) is 21.6. The molecule has 3 atom stereocenters. The highest BCUT2D eigenvalue weighted by molar-refractivity contribution is 6.30. The molecule has 45 heavy (non-hydrogen) atoms. The zero-order valence-electron chi connectivity index (χ0n) is 26.6. The number of nitrogens with one attached hydrogen (secondary N) is 1. The van der Waals surface area contributed by atoms with Crippen LogP contribution in [0.15, 0.2) is 48.5 Å². The Morgan fingerprint density at radius 3 is 2.38 bits per heavy atom. The minimum absolute atomic E-state index is 0.0184. The summed E-state index contributed by atoms with van der Waals surface area (Å²) in [5.41, 5.74) is 5.26. The van der Waals surface area contributed by atoms with Crippen LogP contribution >= 0.6 is 11.6 Å². The van der Waals surface area contributed by atoms with E-state index in [2.05, 4.69) is 5.32 Å². The van der Waals surface area contributed by atoms with Gasteiger partial charge in [-0.2, -0.15) is 0 Å². The van der Waals surface area contributed by atoms with Gasteiger partial charge in [0.2, 0.25) is 12.7 Å². The van der Waals surface area contributed by atoms with Gasteiger partial charge in [0.05, 0.1) is 12.5 Å². The fraction of sp³-hybridized carbons (Fsp3) is 0.429. The van der Waals surface area contributed by atoms with Crippen LogP contribution in [0.2, 0.25) is 5.02 Å². The van der Waals surface area contributed by atoms with Crippen LogP contribution in [0, 0.1) is 12.8 Å². The Hall–Kier alpha value is -3.79. The molecule has 1 unspecified atom stereocenters. The zero-order valence-corrected chi connectivity index (χ0v) is 27.3. The molecule has 0 aliphatic carbocycles. The summed E-state index contributed by atoms with van der Waals surface area (Å²) in [6.07, 6.45) is 1.43. The average Bonchev–Trinajstić information content (AvgIpc) is 3.64. The topological polar surface area (TPSA) is 101 Å². The van der Waals surface area contributed by atoms with Crippen molar-refractivity contribution in [1.82, 2.24) is 9.80 Å². The molecule has 9 nitrogen and oxygen atoms in total. The molecule has 10 heteroatoms. The molecule has 0 bridgehead atoms. The summed E-state index contributed by atoms with van der Waals surface area (Å²) < 4.78 is 17.2. The second-order valence-electron chi connectivity index (χ2n) is 11.9. The van der Waals surface area contributed by atoms with Crippen molar-refractivity contribution < 1.29 is 28.9 Å². The number of amides is 1. The highest BCUT2D eigenvalue weighted by Gasteiger charge is 2.48. The van der Waals surface area contributed by atoms with E-state index in [-0.39, 0.29) is 19.2 Å². The number of carboxylic acid groups (broad SMARTS) is 1. The third-order valence-corrected chi connectivity index (χ3v) is 9.00. The number of likely N-dealkylation sites (tertiary alicyclic amines) is 1. The van der Waals surface area contributed by atoms with Gasteiger partial charge in [0.25, 0.3) is 0 Å². The minimum Gasteiger partial charge on any atom is -0.492 e. The Bertz CT molecular complexity index is 1520. The first kappa shape index (κ1) is 32.6. The van der Waals surface area contributed by atoms with E-state index >= 15 is 0 Å². The number of anilines is 1. The second kappa shape index (κ2) is 14.1. The molecule has 0 saturated carbocycles. The van der Waals surface area contributed by atoms with E-state index in [1.54, 1.807) is 0 Å². The largest absolute Gasteiger partial charge is 0.492 e. The lowest BCUT2D eigenvalue weighted by Crippen LogP contribution is -2.35. The van der Waals surface area contributed by atoms with Gasteiger partial charge in [-0.15, -0.1) is 0 Å². The van der Waals surface area contributed by atoms with Gasteiger partial charge < -0.3 is 29.5 Å². The Morgan fingerprint density at radius 1 is 1.07 bits per heavy atom. The number of nitrogens with zero attached hydrogens (tertiary/aromatic N) is 2. The summed E-state index contributed by atoms with van der Waals surface area (Å²) in [7, 11) is 3.97. The van der Waals surface area contributed by atoms with Crippen molar-refractivity contribution in [3.05, 3.63) is 81.4 Å². The number of likely N-dealkylation sites (N-methyl/N-ethyl adjacent to an activating group) is 1. The van der Waals surface area contributed by atoms with E-state index in [0.717, 1.165) is 40.0 Å². The van der Waals surface area contributed by atoms with Crippen LogP contribution in [0.5, 0.6) is 17.2 Å². The van der Waals surface area contributed by atoms with E-state index in [1.807, 2.05) is 93.2 Å². The van der Waals surface area contributed by atoms with Crippen molar-refractivity contribution in [1.29, 1.82) is 0 Å². The first-order valence-corrected chi connectivity index (χ1v) is 15.8. The smallest absolute Gasteiger partial charge is 0.309 e. The molecular weight excluding hydrogens is 594 g/mol. The second-order valence-corrected chi connectivity index (χ2v) is 12.4. The quantitative estimate of drug-likeness (QED) is 0.253. The molecule has 2 aliphatic heterocycles. The lowest BCUT2D eigenvalue weighted by Gasteiger charge is -2.27. The number of benzene rings is 3. The third kappa shape index (κ3) is 7.06. The fourth-order valence-electron chi connectivity index (χ4n) is 6.55. The standard InChI is InChI=1S/C35H42ClN3O6/c1-6-22-16-25(36)17-23(7-2)32(22)37-30(40)19-39-18-28(27-12-13-29-34(21(27)3)45-20-44-29)31(35(41)42)33(39)24-8-10-26(11-9-24)43-15-14-38(4)5/h8-13,16-17,28,31,33H,6-7,14-15,18-20H2,1-5H3,(H,37,40)(H,41,42)/t28-,31?,33+/m1/s1. The van der Waals surface area contributed by atoms with Crippen molar-refractivity contribution in [3.63, 3.8) is 0 Å². The molecule has 5 rings (SSSR count). The number of aliphatic carboxylic acids is 1. The lowest BCUT2D eigenvalue weighted by atomic mass is 9.81. The van der Waals surface area contributed by atoms with Crippen LogP contribution in [0.4, 0.5) is 5.69 Å². The SMILES string of the molecule is CCc1cc(Cl)cc(CC)c1NC(=O)CN1C[C@H](c2ccc3c(c2C)OCO3)C(C(=O)O)[C@@H]1c1ccc(OCCN(C)C)cc1. The first-order valence-electron chi connectivity index (χ1n) is 15.5. The van der Waals surface area contributed by atoms with E-state index in [4.69, 9.17) is 25.8 Å². The lowest BCUT2D eigenvalue weighted by molar-refractivity contribution is -0.143. The van der Waals surface area contributed by atoms with Crippen LogP contribution < -0.4 is 19.5 Å². The number of ether oxygens (including phenoxy) is 3. The molecule has 2 aliphatic rings. The number of carbonyl (C=O) groups is 2. The average molecular weight is 636 g/mol. The molecule has 3 aromatic rings. The number of carbonyl (C=O) groups excluding carboxylic acids is 1. The maximum atomic E-state index is 13.7. The zero-order chi connectivity index (χ0) is 32.2. The van der Waals surface area contributed by atoms with Gasteiger partial charge in [0.15, 0.2) is 11.5 Å². The molecule has 1 fully saturated rings. The molecule has 2 N–H and O–H groups in total. The maximum Gasteiger partial charge on any atom is 0.309 e. The number of aryl methyl sites for hydroxylation is 2. The van der Waals surface area contributed by atoms with Gasteiger partial charge in [-0.1, -0.05) is 43.6 Å². The maximum absolute atomic E-state index is 13.7. The normalized spacial score (nSPS) is 19.2. The number of hydrogen-bond donors (Lipinski definition) is 2.